The SMILES string of the molecule is CC(C)(C)N=Cc1ccc[pH]1.[Cl][Cr][Cl]. The molecule has 1 heterocycles. The first-order chi connectivity index (χ1) is 6.49. The summed E-state index contributed by atoms with van der Waals surface area (Å²) < 4.78 is 0. The number of aliphatic imine (C=N–C) groups is 1. The average molecular weight is 290 g/mol. The summed E-state index contributed by atoms with van der Waals surface area (Å²) in [5.74, 6) is 2.17. The Hall–Kier alpha value is 0.562. The van der Waals surface area contributed by atoms with Gasteiger partial charge in [-0.25, -0.2) is 0 Å². The molecule has 80 valence electrons. The molecule has 0 bridgehead atoms. The number of hydrogen-bond acceptors (Lipinski definition) is 1. The summed E-state index contributed by atoms with van der Waals surface area (Å²) in [4.78, 5) is 4.41. The van der Waals surface area contributed by atoms with Crippen LogP contribution in [0.1, 0.15) is 26.1 Å². The maximum atomic E-state index is 4.83. The van der Waals surface area contributed by atoms with Crippen molar-refractivity contribution in [3.63, 3.8) is 0 Å². The van der Waals surface area contributed by atoms with Gasteiger partial charge in [0.25, 0.3) is 0 Å². The van der Waals surface area contributed by atoms with Gasteiger partial charge >= 0.3 is 33.5 Å². The van der Waals surface area contributed by atoms with E-state index < -0.39 is 0 Å². The second-order valence-corrected chi connectivity index (χ2v) is 6.92. The van der Waals surface area contributed by atoms with Crippen LogP contribution in [0.3, 0.4) is 0 Å². The average Bonchev–Trinajstić information content (AvgIpc) is 2.52. The third-order valence-electron chi connectivity index (χ3n) is 1.21. The van der Waals surface area contributed by atoms with Gasteiger partial charge in [0.05, 0.1) is 5.54 Å². The molecule has 0 saturated carbocycles. The molecule has 1 aromatic rings. The Balaban J connectivity index is 0.000000500. The molecule has 0 N–H and O–H groups in total. The van der Waals surface area contributed by atoms with Crippen molar-refractivity contribution in [2.45, 2.75) is 26.3 Å². The van der Waals surface area contributed by atoms with Crippen LogP contribution in [0.2, 0.25) is 0 Å². The molecule has 0 radical (unpaired) electrons. The standard InChI is InChI=1S/C9H14NP.2ClH.Cr/c1-9(2,3)10-7-8-5-4-6-11-8;;;/h4-7,11H,1-3H3;2*1H;/q;;;+2/p-2. The zero-order valence-corrected chi connectivity index (χ0v) is 12.2. The van der Waals surface area contributed by atoms with Gasteiger partial charge in [0, 0.05) is 11.5 Å². The molecule has 1 rings (SSSR count). The Kier molecular flexibility index (Phi) is 8.12. The molecule has 0 saturated heterocycles. The number of hydrogen-bond donors (Lipinski definition) is 0. The Morgan fingerprint density at radius 1 is 1.43 bits per heavy atom. The van der Waals surface area contributed by atoms with Gasteiger partial charge < -0.3 is 0 Å². The summed E-state index contributed by atoms with van der Waals surface area (Å²) in [7, 11) is 10.5. The van der Waals surface area contributed by atoms with Crippen LogP contribution in [0.4, 0.5) is 0 Å². The number of nitrogens with zero attached hydrogens (tertiary/aromatic N) is 1. The van der Waals surface area contributed by atoms with Gasteiger partial charge in [-0.2, -0.15) is 0 Å². The molecule has 1 nitrogen and oxygen atoms in total. The Labute approximate surface area is 102 Å². The Morgan fingerprint density at radius 2 is 2.00 bits per heavy atom. The van der Waals surface area contributed by atoms with Crippen LogP contribution < -0.4 is 0 Å². The minimum absolute atomic E-state index is 0.0634. The van der Waals surface area contributed by atoms with Crippen LogP contribution in [0.25, 0.3) is 0 Å². The van der Waals surface area contributed by atoms with Crippen LogP contribution in [0.5, 0.6) is 0 Å². The fourth-order valence-corrected chi connectivity index (χ4v) is 1.40. The molecule has 0 fully saturated rings. The normalized spacial score (nSPS) is 11.8. The Morgan fingerprint density at radius 3 is 2.36 bits per heavy atom. The summed E-state index contributed by atoms with van der Waals surface area (Å²) >= 11 is -0.181. The molecule has 0 aliphatic carbocycles. The van der Waals surface area contributed by atoms with Crippen molar-refractivity contribution in [1.29, 1.82) is 0 Å². The van der Waals surface area contributed by atoms with Crippen molar-refractivity contribution in [3.8, 4) is 0 Å². The van der Waals surface area contributed by atoms with Crippen molar-refractivity contribution in [1.82, 2.24) is 0 Å². The second kappa shape index (κ2) is 7.80. The van der Waals surface area contributed by atoms with Crippen molar-refractivity contribution in [2.75, 3.05) is 0 Å². The molecule has 0 aliphatic rings. The van der Waals surface area contributed by atoms with E-state index in [4.69, 9.17) is 20.1 Å². The van der Waals surface area contributed by atoms with Crippen LogP contribution in [0, 0.1) is 0 Å². The van der Waals surface area contributed by atoms with E-state index in [0.717, 1.165) is 8.19 Å². The van der Waals surface area contributed by atoms with Crippen molar-refractivity contribution in [2.24, 2.45) is 4.99 Å². The molecule has 1 unspecified atom stereocenters. The topological polar surface area (TPSA) is 12.4 Å². The van der Waals surface area contributed by atoms with Gasteiger partial charge in [-0.3, -0.25) is 4.99 Å². The van der Waals surface area contributed by atoms with Gasteiger partial charge in [0.1, 0.15) is 0 Å². The molecule has 0 aromatic carbocycles. The van der Waals surface area contributed by atoms with E-state index in [2.05, 4.69) is 43.7 Å². The molecule has 0 aliphatic heterocycles. The number of halogens is 2. The van der Waals surface area contributed by atoms with Crippen LogP contribution in [0.15, 0.2) is 22.9 Å². The summed E-state index contributed by atoms with van der Waals surface area (Å²) in [6.07, 6.45) is 1.98. The summed E-state index contributed by atoms with van der Waals surface area (Å²) in [6, 6.07) is 4.20. The van der Waals surface area contributed by atoms with Crippen molar-refractivity contribution < 1.29 is 13.4 Å². The van der Waals surface area contributed by atoms with Crippen molar-refractivity contribution >= 4 is 34.5 Å². The van der Waals surface area contributed by atoms with E-state index in [-0.39, 0.29) is 18.9 Å². The monoisotopic (exact) mass is 289 g/mol. The predicted octanol–water partition coefficient (Wildman–Crippen LogP) is 4.31. The Bertz CT molecular complexity index is 254. The maximum absolute atomic E-state index is 4.83. The van der Waals surface area contributed by atoms with Gasteiger partial charge in [-0.05, 0) is 32.6 Å². The van der Waals surface area contributed by atoms with Crippen LogP contribution in [-0.2, 0) is 13.4 Å². The first-order valence-electron chi connectivity index (χ1n) is 4.07. The summed E-state index contributed by atoms with van der Waals surface area (Å²) in [6.45, 7) is 6.32. The molecule has 0 spiro atoms. The van der Waals surface area contributed by atoms with E-state index in [1.54, 1.807) is 0 Å². The molecule has 1 atom stereocenters. The van der Waals surface area contributed by atoms with Crippen LogP contribution in [-0.4, -0.2) is 11.8 Å². The molecular formula is C9H14Cl2CrNP. The predicted molar refractivity (Wildman–Crippen MR) is 65.0 cm³/mol. The zero-order chi connectivity index (χ0) is 11.0. The summed E-state index contributed by atoms with van der Waals surface area (Å²) in [5, 5.41) is 1.33. The molecule has 0 amide bonds. The zero-order valence-electron chi connectivity index (χ0n) is 8.42. The van der Waals surface area contributed by atoms with E-state index in [1.165, 1.54) is 5.30 Å². The van der Waals surface area contributed by atoms with Gasteiger partial charge in [-0.1, -0.05) is 6.07 Å². The van der Waals surface area contributed by atoms with Crippen LogP contribution >= 0.6 is 28.3 Å². The van der Waals surface area contributed by atoms with E-state index in [9.17, 15) is 0 Å². The summed E-state index contributed by atoms with van der Waals surface area (Å²) in [5.41, 5.74) is 0.0634. The minimum atomic E-state index is -0.181. The van der Waals surface area contributed by atoms with Gasteiger partial charge in [-0.15, -0.1) is 8.19 Å². The van der Waals surface area contributed by atoms with E-state index in [0.29, 0.717) is 0 Å². The molecule has 14 heavy (non-hydrogen) atoms. The quantitative estimate of drug-likeness (QED) is 0.683. The van der Waals surface area contributed by atoms with E-state index >= 15 is 0 Å². The fraction of sp³-hybridized carbons (Fsp3) is 0.444. The molecule has 1 aromatic heterocycles. The second-order valence-electron chi connectivity index (χ2n) is 3.61. The van der Waals surface area contributed by atoms with E-state index in [1.807, 2.05) is 6.21 Å². The van der Waals surface area contributed by atoms with Gasteiger partial charge in [0.15, 0.2) is 0 Å². The first-order valence-corrected chi connectivity index (χ1v) is 8.66. The molecular weight excluding hydrogens is 276 g/mol. The molecule has 5 heteroatoms. The third-order valence-corrected chi connectivity index (χ3v) is 2.20. The van der Waals surface area contributed by atoms with Crippen molar-refractivity contribution in [3.05, 3.63) is 23.2 Å². The number of rotatable bonds is 1. The first kappa shape index (κ1) is 14.6. The fourth-order valence-electron chi connectivity index (χ4n) is 0.688. The third kappa shape index (κ3) is 9.13. The van der Waals surface area contributed by atoms with Gasteiger partial charge in [0.2, 0.25) is 0 Å².